The van der Waals surface area contributed by atoms with Crippen LogP contribution >= 0.6 is 0 Å². The van der Waals surface area contributed by atoms with Gasteiger partial charge in [0.25, 0.3) is 0 Å². The maximum atomic E-state index is 14.2. The van der Waals surface area contributed by atoms with Gasteiger partial charge in [-0.05, 0) is 99.9 Å². The van der Waals surface area contributed by atoms with Crippen LogP contribution < -0.4 is 5.32 Å². The Balaban J connectivity index is 1.11. The molecular formula is C51H67N7O8. The highest BCUT2D eigenvalue weighted by atomic mass is 16.5. The summed E-state index contributed by atoms with van der Waals surface area (Å²) >= 11 is 0. The second kappa shape index (κ2) is 19.2. The van der Waals surface area contributed by atoms with Gasteiger partial charge in [0, 0.05) is 25.9 Å². The molecule has 2 saturated heterocycles. The number of H-pyrrole nitrogens is 2. The van der Waals surface area contributed by atoms with Crippen molar-refractivity contribution in [2.24, 2.45) is 17.8 Å². The highest BCUT2D eigenvalue weighted by Gasteiger charge is 2.44. The summed E-state index contributed by atoms with van der Waals surface area (Å²) in [5.41, 5.74) is 6.52. The van der Waals surface area contributed by atoms with Gasteiger partial charge in [-0.15, -0.1) is 0 Å². The molecule has 0 unspecified atom stereocenters. The molecule has 0 bridgehead atoms. The molecule has 0 spiro atoms. The Labute approximate surface area is 387 Å². The topological polar surface area (TPSA) is 181 Å². The number of amides is 3. The van der Waals surface area contributed by atoms with E-state index in [0.29, 0.717) is 37.6 Å². The molecule has 0 aliphatic carbocycles. The van der Waals surface area contributed by atoms with Crippen LogP contribution in [0.3, 0.4) is 0 Å². The number of rotatable bonds is 13. The number of esters is 1. The van der Waals surface area contributed by atoms with Gasteiger partial charge in [0.15, 0.2) is 0 Å². The Morgan fingerprint density at radius 1 is 0.652 bits per heavy atom. The molecule has 7 rings (SSSR count). The van der Waals surface area contributed by atoms with Crippen molar-refractivity contribution < 1.29 is 38.1 Å². The molecule has 3 N–H and O–H groups in total. The number of imidazole rings is 2. The molecule has 66 heavy (non-hydrogen) atoms. The van der Waals surface area contributed by atoms with Gasteiger partial charge in [0.05, 0.1) is 84.1 Å². The molecule has 3 aromatic carbocycles. The average Bonchev–Trinajstić information content (AvgIpc) is 4.07. The minimum absolute atomic E-state index is 0.0120. The molecule has 3 amide bonds. The summed E-state index contributed by atoms with van der Waals surface area (Å²) < 4.78 is 22.6. The third-order valence-corrected chi connectivity index (χ3v) is 12.4. The molecule has 2 aliphatic heterocycles. The Kier molecular flexibility index (Phi) is 14.0. The summed E-state index contributed by atoms with van der Waals surface area (Å²) in [6, 6.07) is 19.1. The van der Waals surface area contributed by atoms with E-state index in [1.165, 1.54) is 14.2 Å². The number of likely N-dealkylation sites (tertiary alicyclic amines) is 2. The molecule has 354 valence electrons. The number of hydrogen-bond donors (Lipinski definition) is 3. The van der Waals surface area contributed by atoms with E-state index in [4.69, 9.17) is 28.9 Å². The van der Waals surface area contributed by atoms with E-state index in [2.05, 4.69) is 57.7 Å². The third-order valence-electron chi connectivity index (χ3n) is 12.4. The van der Waals surface area contributed by atoms with Crippen LogP contribution in [0.15, 0.2) is 60.7 Å². The summed E-state index contributed by atoms with van der Waals surface area (Å²) in [5, 5.41) is 2.73. The lowest BCUT2D eigenvalue weighted by Gasteiger charge is -2.30. The molecule has 15 nitrogen and oxygen atoms in total. The second-order valence-electron chi connectivity index (χ2n) is 20.5. The van der Waals surface area contributed by atoms with Crippen molar-refractivity contribution in [1.29, 1.82) is 0 Å². The van der Waals surface area contributed by atoms with Crippen molar-refractivity contribution in [1.82, 2.24) is 35.1 Å². The molecule has 2 aromatic heterocycles. The Morgan fingerprint density at radius 2 is 1.09 bits per heavy atom. The Bertz CT molecular complexity index is 2380. The van der Waals surface area contributed by atoms with E-state index in [9.17, 15) is 19.2 Å². The first kappa shape index (κ1) is 48.1. The van der Waals surface area contributed by atoms with Crippen LogP contribution in [0.25, 0.3) is 44.3 Å². The standard InChI is InChI=1S/C51H67N7O8/c1-28(2)36(25-43(59)63-11)47(60)57-26-34(65-50(5,6)7)23-41(57)45-52-37-19-17-32(21-39(37)54-45)30-13-15-31(16-14-30)33-18-20-38-40(22-33)55-46(53-38)42-24-35(66-51(8,9)10)27-58(42)48(61)44(29(3)4)56-49(62)64-12/h13-22,28-29,34-36,41-42,44H,23-27H2,1-12H3,(H,52,54)(H,53,55)(H,56,62)/t34-,35-,36+,41+,42+,44+/m1/s1. The first-order valence-electron chi connectivity index (χ1n) is 23.1. The zero-order chi connectivity index (χ0) is 47.8. The van der Waals surface area contributed by atoms with E-state index >= 15 is 0 Å². The first-order chi connectivity index (χ1) is 31.1. The number of ether oxygens (including phenoxy) is 4. The molecule has 5 aromatic rings. The van der Waals surface area contributed by atoms with Gasteiger partial charge in [-0.2, -0.15) is 0 Å². The zero-order valence-corrected chi connectivity index (χ0v) is 40.5. The Morgan fingerprint density at radius 3 is 1.48 bits per heavy atom. The third kappa shape index (κ3) is 10.9. The van der Waals surface area contributed by atoms with Crippen LogP contribution in [0.5, 0.6) is 0 Å². The number of benzene rings is 3. The molecule has 6 atom stereocenters. The van der Waals surface area contributed by atoms with Crippen molar-refractivity contribution in [3.05, 3.63) is 72.3 Å². The number of hydrogen-bond acceptors (Lipinski definition) is 10. The van der Waals surface area contributed by atoms with Gasteiger partial charge >= 0.3 is 12.1 Å². The van der Waals surface area contributed by atoms with Crippen molar-refractivity contribution >= 4 is 45.9 Å². The fraction of sp³-hybridized carbons (Fsp3) is 0.529. The molecule has 2 fully saturated rings. The monoisotopic (exact) mass is 906 g/mol. The number of methoxy groups -OCH3 is 2. The first-order valence-corrected chi connectivity index (χ1v) is 23.1. The molecule has 15 heteroatoms. The van der Waals surface area contributed by atoms with Gasteiger partial charge in [-0.25, -0.2) is 14.8 Å². The lowest BCUT2D eigenvalue weighted by Crippen LogP contribution is -2.51. The number of aromatic amines is 2. The number of nitrogens with one attached hydrogen (secondary N) is 3. The van der Waals surface area contributed by atoms with Gasteiger partial charge in [0.2, 0.25) is 11.8 Å². The van der Waals surface area contributed by atoms with Gasteiger partial charge in [-0.1, -0.05) is 64.1 Å². The minimum atomic E-state index is -0.780. The lowest BCUT2D eigenvalue weighted by atomic mass is 9.91. The number of alkyl carbamates (subject to hydrolysis) is 1. The number of carbonyl (C=O) groups is 4. The van der Waals surface area contributed by atoms with Crippen LogP contribution in [0, 0.1) is 17.8 Å². The summed E-state index contributed by atoms with van der Waals surface area (Å²) in [5.74, 6) is -0.157. The van der Waals surface area contributed by atoms with E-state index in [0.717, 1.165) is 44.3 Å². The average molecular weight is 906 g/mol. The zero-order valence-electron chi connectivity index (χ0n) is 40.5. The highest BCUT2D eigenvalue weighted by Crippen LogP contribution is 2.39. The van der Waals surface area contributed by atoms with Crippen LogP contribution in [-0.2, 0) is 33.3 Å². The quantitative estimate of drug-likeness (QED) is 0.0966. The summed E-state index contributed by atoms with van der Waals surface area (Å²) in [6.07, 6.45) is 0.0642. The largest absolute Gasteiger partial charge is 0.469 e. The minimum Gasteiger partial charge on any atom is -0.469 e. The predicted molar refractivity (Wildman–Crippen MR) is 253 cm³/mol. The van der Waals surface area contributed by atoms with E-state index in [1.807, 2.05) is 92.3 Å². The van der Waals surface area contributed by atoms with E-state index in [1.54, 1.807) is 4.90 Å². The number of fused-ring (bicyclic) bond motifs is 2. The predicted octanol–water partition coefficient (Wildman–Crippen LogP) is 8.90. The summed E-state index contributed by atoms with van der Waals surface area (Å²) in [7, 11) is 2.63. The fourth-order valence-corrected chi connectivity index (χ4v) is 9.32. The van der Waals surface area contributed by atoms with Crippen LogP contribution in [0.4, 0.5) is 4.79 Å². The van der Waals surface area contributed by atoms with Crippen molar-refractivity contribution in [2.75, 3.05) is 27.3 Å². The Hall–Kier alpha value is -5.80. The van der Waals surface area contributed by atoms with Crippen LogP contribution in [-0.4, -0.2) is 110 Å². The highest BCUT2D eigenvalue weighted by molar-refractivity contribution is 5.88. The van der Waals surface area contributed by atoms with Crippen LogP contribution in [0.1, 0.15) is 112 Å². The SMILES string of the molecule is COC(=O)C[C@H](C(=O)N1C[C@H](OC(C)(C)C)C[C@H]1c1nc2ccc(-c3ccc(-c4ccc5nc([C@@H]6C[C@@H](OC(C)(C)C)CN6C(=O)[C@@H](NC(=O)OC)C(C)C)[nH]c5c4)cc3)cc2[nH]1)C(C)C. The molecule has 2 aliphatic rings. The molecular weight excluding hydrogens is 839 g/mol. The lowest BCUT2D eigenvalue weighted by molar-refractivity contribution is -0.148. The summed E-state index contributed by atoms with van der Waals surface area (Å²) in [6.45, 7) is 20.5. The molecule has 0 saturated carbocycles. The van der Waals surface area contributed by atoms with Crippen molar-refractivity contribution in [2.45, 2.75) is 130 Å². The number of carbonyl (C=O) groups excluding carboxylic acids is 4. The van der Waals surface area contributed by atoms with Crippen LogP contribution in [0.2, 0.25) is 0 Å². The van der Waals surface area contributed by atoms with Gasteiger partial charge in [-0.3, -0.25) is 14.4 Å². The van der Waals surface area contributed by atoms with Crippen molar-refractivity contribution in [3.63, 3.8) is 0 Å². The maximum Gasteiger partial charge on any atom is 0.407 e. The number of nitrogens with zero attached hydrogens (tertiary/aromatic N) is 4. The summed E-state index contributed by atoms with van der Waals surface area (Å²) in [4.78, 5) is 73.5. The van der Waals surface area contributed by atoms with Gasteiger partial charge in [0.1, 0.15) is 17.7 Å². The van der Waals surface area contributed by atoms with E-state index < -0.39 is 41.3 Å². The molecule has 0 radical (unpaired) electrons. The van der Waals surface area contributed by atoms with Gasteiger partial charge < -0.3 is 44.0 Å². The second-order valence-corrected chi connectivity index (χ2v) is 20.5. The fourth-order valence-electron chi connectivity index (χ4n) is 9.32. The van der Waals surface area contributed by atoms with Crippen molar-refractivity contribution in [3.8, 4) is 22.3 Å². The normalized spacial score (nSPS) is 20.1. The van der Waals surface area contributed by atoms with E-state index in [-0.39, 0.29) is 48.3 Å². The molecule has 4 heterocycles. The number of aromatic nitrogens is 4. The maximum absolute atomic E-state index is 14.2. The smallest absolute Gasteiger partial charge is 0.407 e.